The fourth-order valence-electron chi connectivity index (χ4n) is 4.70. The molecule has 204 valence electrons. The van der Waals surface area contributed by atoms with Gasteiger partial charge in [-0.15, -0.1) is 15.3 Å². The quantitative estimate of drug-likeness (QED) is 0.177. The average molecular weight is 578 g/mol. The lowest BCUT2D eigenvalue weighted by molar-refractivity contribution is 0.580. The molecule has 1 saturated heterocycles. The fourth-order valence-corrected chi connectivity index (χ4v) is 5.70. The van der Waals surface area contributed by atoms with Gasteiger partial charge in [-0.2, -0.15) is 15.3 Å². The van der Waals surface area contributed by atoms with Crippen molar-refractivity contribution in [3.63, 3.8) is 0 Å². The predicted molar refractivity (Wildman–Crippen MR) is 169 cm³/mol. The Morgan fingerprint density at radius 1 is 0.610 bits per heavy atom. The van der Waals surface area contributed by atoms with E-state index in [0.29, 0.717) is 5.02 Å². The number of hydrogen-bond acceptors (Lipinski definition) is 8. The van der Waals surface area contributed by atoms with Gasteiger partial charge in [-0.25, -0.2) is 0 Å². The molecule has 2 heterocycles. The first-order valence-corrected chi connectivity index (χ1v) is 14.8. The molecule has 1 aliphatic heterocycles. The van der Waals surface area contributed by atoms with Crippen molar-refractivity contribution in [2.24, 2.45) is 30.7 Å². The number of aryl methyl sites for hydroxylation is 1. The standard InChI is InChI=1S/C32H28ClN7S/c1-22-21-25(13-14-28(22)33)36-34-23-9-11-24(12-10-23)35-37-29-15-16-30(27-8-4-3-7-26(27)29)38-39-31-17-18-32(41-31)40-19-5-2-6-20-40/h3-4,7-18,21H,2,5-6,19-20H2,1H3. The van der Waals surface area contributed by atoms with Crippen molar-refractivity contribution < 1.29 is 0 Å². The van der Waals surface area contributed by atoms with Gasteiger partial charge >= 0.3 is 0 Å². The molecule has 5 aromatic rings. The highest BCUT2D eigenvalue weighted by Gasteiger charge is 2.13. The van der Waals surface area contributed by atoms with E-state index in [4.69, 9.17) is 11.6 Å². The number of hydrogen-bond donors (Lipinski definition) is 0. The molecule has 4 aromatic carbocycles. The van der Waals surface area contributed by atoms with E-state index in [-0.39, 0.29) is 0 Å². The van der Waals surface area contributed by atoms with E-state index in [1.165, 1.54) is 24.3 Å². The van der Waals surface area contributed by atoms with Crippen molar-refractivity contribution >= 4 is 72.1 Å². The van der Waals surface area contributed by atoms with E-state index >= 15 is 0 Å². The number of halogens is 1. The van der Waals surface area contributed by atoms with Gasteiger partial charge in [-0.3, -0.25) is 0 Å². The lowest BCUT2D eigenvalue weighted by Crippen LogP contribution is -2.28. The molecule has 41 heavy (non-hydrogen) atoms. The number of thiophene rings is 1. The Kier molecular flexibility index (Phi) is 8.21. The summed E-state index contributed by atoms with van der Waals surface area (Å²) in [6.07, 6.45) is 3.83. The minimum atomic E-state index is 0.713. The van der Waals surface area contributed by atoms with Crippen LogP contribution in [0.1, 0.15) is 24.8 Å². The summed E-state index contributed by atoms with van der Waals surface area (Å²) in [5.74, 6) is 0. The van der Waals surface area contributed by atoms with Crippen molar-refractivity contribution in [3.05, 3.63) is 102 Å². The van der Waals surface area contributed by atoms with E-state index in [0.717, 1.165) is 62.9 Å². The van der Waals surface area contributed by atoms with Crippen LogP contribution in [0.15, 0.2) is 122 Å². The van der Waals surface area contributed by atoms with Gasteiger partial charge in [-0.1, -0.05) is 47.2 Å². The van der Waals surface area contributed by atoms with Gasteiger partial charge < -0.3 is 4.90 Å². The molecular weight excluding hydrogens is 550 g/mol. The summed E-state index contributed by atoms with van der Waals surface area (Å²) in [4.78, 5) is 2.45. The fraction of sp³-hybridized carbons (Fsp3) is 0.188. The SMILES string of the molecule is Cc1cc(N=Nc2ccc(N=Nc3ccc(N=Nc4ccc(N5CCCCC5)s4)c4ccccc34)cc2)ccc1Cl. The largest absolute Gasteiger partial charge is 0.363 e. The molecule has 7 nitrogen and oxygen atoms in total. The maximum atomic E-state index is 6.09. The Bertz CT molecular complexity index is 1750. The summed E-state index contributed by atoms with van der Waals surface area (Å²) < 4.78 is 0. The maximum Gasteiger partial charge on any atom is 0.140 e. The Labute approximate surface area is 248 Å². The van der Waals surface area contributed by atoms with Crippen LogP contribution >= 0.6 is 22.9 Å². The van der Waals surface area contributed by atoms with Gasteiger partial charge in [0.25, 0.3) is 0 Å². The third-order valence-electron chi connectivity index (χ3n) is 6.93. The normalized spacial score (nSPS) is 14.2. The molecule has 0 atom stereocenters. The van der Waals surface area contributed by atoms with Gasteiger partial charge in [-0.05, 0) is 98.5 Å². The van der Waals surface area contributed by atoms with Crippen LogP contribution in [0.5, 0.6) is 0 Å². The first-order chi connectivity index (χ1) is 20.1. The Hall–Kier alpha value is -4.27. The molecule has 0 bridgehead atoms. The molecule has 0 N–H and O–H groups in total. The minimum absolute atomic E-state index is 0.713. The molecule has 6 rings (SSSR count). The van der Waals surface area contributed by atoms with Crippen LogP contribution in [0, 0.1) is 6.92 Å². The molecule has 1 aromatic heterocycles. The van der Waals surface area contributed by atoms with Crippen LogP contribution in [-0.4, -0.2) is 13.1 Å². The zero-order valence-corrected chi connectivity index (χ0v) is 24.2. The second-order valence-corrected chi connectivity index (χ2v) is 11.3. The molecule has 0 aliphatic carbocycles. The summed E-state index contributed by atoms with van der Waals surface area (Å²) in [5.41, 5.74) is 4.74. The number of azo groups is 3. The van der Waals surface area contributed by atoms with E-state index < -0.39 is 0 Å². The second-order valence-electron chi connectivity index (χ2n) is 9.86. The smallest absolute Gasteiger partial charge is 0.140 e. The van der Waals surface area contributed by atoms with Gasteiger partial charge in [0.2, 0.25) is 0 Å². The molecule has 1 fully saturated rings. The molecule has 0 radical (unpaired) electrons. The number of anilines is 1. The first kappa shape index (κ1) is 26.9. The van der Waals surface area contributed by atoms with Crippen molar-refractivity contribution in [1.29, 1.82) is 0 Å². The van der Waals surface area contributed by atoms with E-state index in [9.17, 15) is 0 Å². The third-order valence-corrected chi connectivity index (χ3v) is 8.38. The van der Waals surface area contributed by atoms with Gasteiger partial charge in [0.15, 0.2) is 0 Å². The van der Waals surface area contributed by atoms with Crippen LogP contribution in [-0.2, 0) is 0 Å². The summed E-state index contributed by atoms with van der Waals surface area (Å²) in [6, 6.07) is 29.2. The van der Waals surface area contributed by atoms with Crippen molar-refractivity contribution in [1.82, 2.24) is 0 Å². The average Bonchev–Trinajstić information content (AvgIpc) is 3.50. The van der Waals surface area contributed by atoms with Crippen LogP contribution in [0.2, 0.25) is 5.02 Å². The van der Waals surface area contributed by atoms with Crippen molar-refractivity contribution in [2.75, 3.05) is 18.0 Å². The summed E-state index contributed by atoms with van der Waals surface area (Å²) >= 11 is 7.78. The molecule has 0 unspecified atom stereocenters. The molecule has 9 heteroatoms. The molecule has 0 saturated carbocycles. The van der Waals surface area contributed by atoms with Gasteiger partial charge in [0.05, 0.1) is 33.4 Å². The highest BCUT2D eigenvalue weighted by Crippen LogP contribution is 2.38. The summed E-state index contributed by atoms with van der Waals surface area (Å²) in [5, 5.41) is 31.6. The summed E-state index contributed by atoms with van der Waals surface area (Å²) in [6.45, 7) is 4.19. The Morgan fingerprint density at radius 2 is 1.20 bits per heavy atom. The highest BCUT2D eigenvalue weighted by atomic mass is 35.5. The third kappa shape index (κ3) is 6.56. The zero-order valence-electron chi connectivity index (χ0n) is 22.6. The van der Waals surface area contributed by atoms with Gasteiger partial charge in [0.1, 0.15) is 5.00 Å². The second kappa shape index (κ2) is 12.5. The first-order valence-electron chi connectivity index (χ1n) is 13.6. The van der Waals surface area contributed by atoms with Gasteiger partial charge in [0, 0.05) is 28.9 Å². The maximum absolute atomic E-state index is 6.09. The van der Waals surface area contributed by atoms with E-state index in [1.54, 1.807) is 11.3 Å². The van der Waals surface area contributed by atoms with Crippen LogP contribution in [0.4, 0.5) is 38.4 Å². The lowest BCUT2D eigenvalue weighted by Gasteiger charge is -2.26. The molecule has 0 spiro atoms. The number of nitrogens with zero attached hydrogens (tertiary/aromatic N) is 7. The van der Waals surface area contributed by atoms with Crippen molar-refractivity contribution in [2.45, 2.75) is 26.2 Å². The molecule has 0 amide bonds. The van der Waals surface area contributed by atoms with Crippen LogP contribution < -0.4 is 4.90 Å². The lowest BCUT2D eigenvalue weighted by atomic mass is 10.1. The zero-order chi connectivity index (χ0) is 28.0. The number of piperidine rings is 1. The molecule has 1 aliphatic rings. The van der Waals surface area contributed by atoms with Crippen molar-refractivity contribution in [3.8, 4) is 0 Å². The Morgan fingerprint density at radius 3 is 1.85 bits per heavy atom. The molecular formula is C32H28ClN7S. The van der Waals surface area contributed by atoms with E-state index in [2.05, 4.69) is 41.7 Å². The summed E-state index contributed by atoms with van der Waals surface area (Å²) in [7, 11) is 0. The number of fused-ring (bicyclic) bond motifs is 1. The topological polar surface area (TPSA) is 77.4 Å². The van der Waals surface area contributed by atoms with Crippen LogP contribution in [0.3, 0.4) is 0 Å². The number of benzene rings is 4. The predicted octanol–water partition coefficient (Wildman–Crippen LogP) is 12.1. The Balaban J connectivity index is 1.17. The number of rotatable bonds is 7. The van der Waals surface area contributed by atoms with E-state index in [1.807, 2.05) is 91.9 Å². The van der Waals surface area contributed by atoms with Crippen LogP contribution in [0.25, 0.3) is 10.8 Å². The highest BCUT2D eigenvalue weighted by molar-refractivity contribution is 7.19. The monoisotopic (exact) mass is 577 g/mol. The minimum Gasteiger partial charge on any atom is -0.363 e.